The molecule has 1 aromatic carbocycles. The molecule has 0 radical (unpaired) electrons. The number of halogens is 1. The van der Waals surface area contributed by atoms with E-state index in [1.54, 1.807) is 13.1 Å². The van der Waals surface area contributed by atoms with Gasteiger partial charge in [0.15, 0.2) is 0 Å². The largest absolute Gasteiger partial charge is 0.359 e. The van der Waals surface area contributed by atoms with Crippen molar-refractivity contribution in [2.45, 2.75) is 13.5 Å². The molecule has 1 amide bonds. The van der Waals surface area contributed by atoms with Crippen LogP contribution in [0.5, 0.6) is 0 Å². The zero-order chi connectivity index (χ0) is 14.4. The predicted octanol–water partition coefficient (Wildman–Crippen LogP) is 1.51. The quantitative estimate of drug-likeness (QED) is 0.876. The van der Waals surface area contributed by atoms with Crippen LogP contribution in [0.25, 0.3) is 0 Å². The summed E-state index contributed by atoms with van der Waals surface area (Å²) in [6.07, 6.45) is 0. The van der Waals surface area contributed by atoms with Crippen molar-refractivity contribution in [3.63, 3.8) is 0 Å². The zero-order valence-electron chi connectivity index (χ0n) is 11.4. The lowest BCUT2D eigenvalue weighted by Gasteiger charge is -2.20. The van der Waals surface area contributed by atoms with Gasteiger partial charge < -0.3 is 10.2 Å². The van der Waals surface area contributed by atoms with E-state index in [1.165, 1.54) is 12.1 Å². The highest BCUT2D eigenvalue weighted by Gasteiger charge is 2.14. The number of amides is 1. The van der Waals surface area contributed by atoms with Crippen LogP contribution in [0.2, 0.25) is 0 Å². The van der Waals surface area contributed by atoms with Crippen molar-refractivity contribution in [2.24, 2.45) is 5.92 Å². The highest BCUT2D eigenvalue weighted by atomic mass is 19.1. The highest BCUT2D eigenvalue weighted by Crippen LogP contribution is 2.12. The molecule has 0 aliphatic heterocycles. The topological polar surface area (TPSA) is 56.1 Å². The van der Waals surface area contributed by atoms with Gasteiger partial charge in [-0.15, -0.1) is 0 Å². The van der Waals surface area contributed by atoms with Crippen molar-refractivity contribution >= 4 is 5.91 Å². The van der Waals surface area contributed by atoms with Crippen molar-refractivity contribution in [2.75, 3.05) is 20.6 Å². The number of nitrogens with one attached hydrogen (secondary N) is 1. The minimum Gasteiger partial charge on any atom is -0.359 e. The van der Waals surface area contributed by atoms with E-state index in [4.69, 9.17) is 5.26 Å². The van der Waals surface area contributed by atoms with E-state index < -0.39 is 5.82 Å². The Morgan fingerprint density at radius 1 is 1.58 bits per heavy atom. The second-order valence-electron chi connectivity index (χ2n) is 4.64. The third-order valence-electron chi connectivity index (χ3n) is 2.88. The van der Waals surface area contributed by atoms with Crippen LogP contribution in [0.15, 0.2) is 18.2 Å². The van der Waals surface area contributed by atoms with Gasteiger partial charge in [-0.25, -0.2) is 4.39 Å². The summed E-state index contributed by atoms with van der Waals surface area (Å²) in [6, 6.07) is 6.30. The molecule has 1 unspecified atom stereocenters. The van der Waals surface area contributed by atoms with E-state index in [0.29, 0.717) is 13.1 Å². The Labute approximate surface area is 112 Å². The Morgan fingerprint density at radius 2 is 2.26 bits per heavy atom. The number of benzene rings is 1. The molecule has 4 nitrogen and oxygen atoms in total. The Bertz CT molecular complexity index is 496. The zero-order valence-corrected chi connectivity index (χ0v) is 11.4. The number of nitriles is 1. The number of hydrogen-bond donors (Lipinski definition) is 1. The average molecular weight is 263 g/mol. The first-order chi connectivity index (χ1) is 8.97. The summed E-state index contributed by atoms with van der Waals surface area (Å²) in [4.78, 5) is 13.4. The van der Waals surface area contributed by atoms with Gasteiger partial charge in [-0.3, -0.25) is 4.79 Å². The normalized spacial score (nSPS) is 12.0. The fraction of sp³-hybridized carbons (Fsp3) is 0.429. The van der Waals surface area contributed by atoms with Crippen LogP contribution in [-0.4, -0.2) is 31.4 Å². The fourth-order valence-corrected chi connectivity index (χ4v) is 1.93. The summed E-state index contributed by atoms with van der Waals surface area (Å²) in [5.41, 5.74) is 0.898. The second-order valence-corrected chi connectivity index (χ2v) is 4.64. The molecule has 19 heavy (non-hydrogen) atoms. The van der Waals surface area contributed by atoms with E-state index in [0.717, 1.165) is 5.56 Å². The minimum atomic E-state index is -0.507. The first-order valence-corrected chi connectivity index (χ1v) is 6.06. The predicted molar refractivity (Wildman–Crippen MR) is 70.7 cm³/mol. The van der Waals surface area contributed by atoms with Crippen LogP contribution in [0, 0.1) is 23.1 Å². The number of carbonyl (C=O) groups excluding carboxylic acids is 1. The lowest BCUT2D eigenvalue weighted by atomic mass is 10.1. The van der Waals surface area contributed by atoms with Crippen LogP contribution in [-0.2, 0) is 11.3 Å². The van der Waals surface area contributed by atoms with Gasteiger partial charge in [-0.2, -0.15) is 5.26 Å². The van der Waals surface area contributed by atoms with Crippen molar-refractivity contribution < 1.29 is 9.18 Å². The van der Waals surface area contributed by atoms with Crippen molar-refractivity contribution in [3.05, 3.63) is 35.1 Å². The molecule has 0 aliphatic rings. The van der Waals surface area contributed by atoms with E-state index >= 15 is 0 Å². The molecule has 1 rings (SSSR count). The lowest BCUT2D eigenvalue weighted by Crippen LogP contribution is -2.34. The molecule has 1 N–H and O–H groups in total. The van der Waals surface area contributed by atoms with Crippen molar-refractivity contribution in [1.29, 1.82) is 5.26 Å². The lowest BCUT2D eigenvalue weighted by molar-refractivity contribution is -0.124. The molecule has 0 heterocycles. The molecule has 102 valence electrons. The molecule has 0 aromatic heterocycles. The van der Waals surface area contributed by atoms with Crippen LogP contribution >= 0.6 is 0 Å². The Morgan fingerprint density at radius 3 is 2.84 bits per heavy atom. The van der Waals surface area contributed by atoms with Gasteiger partial charge in [0.05, 0.1) is 5.56 Å². The van der Waals surface area contributed by atoms with Gasteiger partial charge >= 0.3 is 0 Å². The van der Waals surface area contributed by atoms with E-state index in [9.17, 15) is 9.18 Å². The third kappa shape index (κ3) is 4.34. The first-order valence-electron chi connectivity index (χ1n) is 6.06. The standard InChI is InChI=1S/C14H18FN3O/c1-10(14(19)17-2)8-18(3)9-11-4-5-13(15)12(6-11)7-16/h4-6,10H,8-9H2,1-3H3,(H,17,19). The third-order valence-corrected chi connectivity index (χ3v) is 2.88. The molecule has 0 bridgehead atoms. The summed E-state index contributed by atoms with van der Waals surface area (Å²) in [6.45, 7) is 3.01. The van der Waals surface area contributed by atoms with Gasteiger partial charge in [-0.1, -0.05) is 13.0 Å². The molecular formula is C14H18FN3O. The van der Waals surface area contributed by atoms with Crippen LogP contribution in [0.4, 0.5) is 4.39 Å². The minimum absolute atomic E-state index is 0.0105. The summed E-state index contributed by atoms with van der Waals surface area (Å²) in [7, 11) is 3.49. The maximum absolute atomic E-state index is 13.2. The van der Waals surface area contributed by atoms with Crippen molar-refractivity contribution in [1.82, 2.24) is 10.2 Å². The molecule has 0 saturated heterocycles. The molecule has 0 saturated carbocycles. The Kier molecular flexibility index (Phi) is 5.46. The number of hydrogen-bond acceptors (Lipinski definition) is 3. The molecule has 0 aliphatic carbocycles. The number of nitrogens with zero attached hydrogens (tertiary/aromatic N) is 2. The summed E-state index contributed by atoms with van der Waals surface area (Å²) < 4.78 is 13.2. The molecule has 1 aromatic rings. The maximum Gasteiger partial charge on any atom is 0.223 e. The van der Waals surface area contributed by atoms with Gasteiger partial charge in [0, 0.05) is 26.1 Å². The molecule has 5 heteroatoms. The summed E-state index contributed by atoms with van der Waals surface area (Å²) in [5.74, 6) is -0.637. The van der Waals surface area contributed by atoms with E-state index in [2.05, 4.69) is 5.32 Å². The highest BCUT2D eigenvalue weighted by molar-refractivity contribution is 5.78. The first kappa shape index (κ1) is 15.1. The SMILES string of the molecule is CNC(=O)C(C)CN(C)Cc1ccc(F)c(C#N)c1. The molecular weight excluding hydrogens is 245 g/mol. The number of carbonyl (C=O) groups is 1. The van der Waals surface area contributed by atoms with Crippen molar-refractivity contribution in [3.8, 4) is 6.07 Å². The fourth-order valence-electron chi connectivity index (χ4n) is 1.93. The van der Waals surface area contributed by atoms with Gasteiger partial charge in [-0.05, 0) is 24.7 Å². The van der Waals surface area contributed by atoms with Crippen LogP contribution in [0.1, 0.15) is 18.1 Å². The molecule has 1 atom stereocenters. The second kappa shape index (κ2) is 6.86. The maximum atomic E-state index is 13.2. The Balaban J connectivity index is 2.65. The molecule has 0 fully saturated rings. The van der Waals surface area contributed by atoms with E-state index in [1.807, 2.05) is 24.9 Å². The van der Waals surface area contributed by atoms with Crippen LogP contribution in [0.3, 0.4) is 0 Å². The smallest absolute Gasteiger partial charge is 0.223 e. The van der Waals surface area contributed by atoms with Gasteiger partial charge in [0.2, 0.25) is 5.91 Å². The van der Waals surface area contributed by atoms with E-state index in [-0.39, 0.29) is 17.4 Å². The van der Waals surface area contributed by atoms with Crippen LogP contribution < -0.4 is 5.32 Å². The van der Waals surface area contributed by atoms with Gasteiger partial charge in [0.25, 0.3) is 0 Å². The van der Waals surface area contributed by atoms with Gasteiger partial charge in [0.1, 0.15) is 11.9 Å². The average Bonchev–Trinajstić information content (AvgIpc) is 2.39. The molecule has 0 spiro atoms. The summed E-state index contributed by atoms with van der Waals surface area (Å²) >= 11 is 0. The monoisotopic (exact) mass is 263 g/mol. The number of rotatable bonds is 5. The Hall–Kier alpha value is -1.93. The summed E-state index contributed by atoms with van der Waals surface area (Å²) in [5, 5.41) is 11.4.